The van der Waals surface area contributed by atoms with Crippen molar-refractivity contribution in [1.29, 1.82) is 0 Å². The maximum absolute atomic E-state index is 12.9. The minimum absolute atomic E-state index is 0.00724. The summed E-state index contributed by atoms with van der Waals surface area (Å²) in [6.07, 6.45) is -43.4. The van der Waals surface area contributed by atoms with Crippen LogP contribution in [0.25, 0.3) is 0 Å². The van der Waals surface area contributed by atoms with Crippen molar-refractivity contribution in [3.05, 3.63) is 0 Å². The summed E-state index contributed by atoms with van der Waals surface area (Å²) in [5.74, 6) is -3.44. The van der Waals surface area contributed by atoms with Crippen LogP contribution in [0, 0.1) is 10.8 Å². The van der Waals surface area contributed by atoms with E-state index in [4.69, 9.17) is 94.7 Å². The maximum atomic E-state index is 12.9. The Kier molecular flexibility index (Phi) is 66.4. The molecule has 31 N–H and O–H groups in total. The van der Waals surface area contributed by atoms with Crippen LogP contribution in [0.15, 0.2) is 0 Å². The molecule has 0 aromatic heterocycles. The predicted octanol–water partition coefficient (Wildman–Crippen LogP) is -16.8. The molecule has 0 saturated carbocycles. The van der Waals surface area contributed by atoms with E-state index < -0.39 is 264 Å². The summed E-state index contributed by atoms with van der Waals surface area (Å²) in [6.45, 7) is -1.17. The Morgan fingerprint density at radius 3 is 0.680 bits per heavy atom. The van der Waals surface area contributed by atoms with Gasteiger partial charge >= 0.3 is 0 Å². The summed E-state index contributed by atoms with van der Waals surface area (Å²) < 4.78 is 112. The molecule has 6 aliphatic rings. The lowest BCUT2D eigenvalue weighted by Gasteiger charge is -2.40. The van der Waals surface area contributed by atoms with E-state index in [1.165, 1.54) is 0 Å². The van der Waals surface area contributed by atoms with Gasteiger partial charge in [-0.2, -0.15) is 0 Å². The third-order valence-electron chi connectivity index (χ3n) is 24.1. The number of hydrogen-bond acceptors (Lipinski definition) is 53. The fraction of sp³-hybridized carbons (Fsp3) is 0.900. The van der Waals surface area contributed by atoms with E-state index in [0.29, 0.717) is 13.0 Å². The first-order valence-electron chi connectivity index (χ1n) is 49.9. The van der Waals surface area contributed by atoms with Crippen LogP contribution in [-0.4, -0.2) is 579 Å². The van der Waals surface area contributed by atoms with Crippen LogP contribution in [0.4, 0.5) is 0 Å². The number of aliphatic hydroxyl groups is 23. The number of hydrogen-bond donors (Lipinski definition) is 31. The highest BCUT2D eigenvalue weighted by atomic mass is 16.7. The molecule has 31 atom stereocenters. The summed E-state index contributed by atoms with van der Waals surface area (Å²) in [6, 6.07) is 0. The molecule has 0 aromatic carbocycles. The highest BCUT2D eigenvalue weighted by molar-refractivity contribution is 5.81. The highest BCUT2D eigenvalue weighted by Crippen LogP contribution is 2.31. The van der Waals surface area contributed by atoms with Crippen molar-refractivity contribution < 1.29 is 255 Å². The van der Waals surface area contributed by atoms with Crippen molar-refractivity contribution >= 4 is 52.9 Å². The molecule has 60 heteroatoms. The molecular weight excluding hydrogens is 2020 g/mol. The van der Waals surface area contributed by atoms with Crippen molar-refractivity contribution in [2.24, 2.45) is 10.8 Å². The fourth-order valence-electron chi connectivity index (χ4n) is 15.1. The predicted molar refractivity (Wildman–Crippen MR) is 499 cm³/mol. The second-order valence-electron chi connectivity index (χ2n) is 36.2. The molecule has 6 saturated heterocycles. The molecule has 150 heavy (non-hydrogen) atoms. The van der Waals surface area contributed by atoms with Gasteiger partial charge in [0, 0.05) is 97.1 Å². The number of rotatable bonds is 76. The summed E-state index contributed by atoms with van der Waals surface area (Å²) >= 11 is 0. The van der Waals surface area contributed by atoms with Gasteiger partial charge in [0.25, 0.3) is 0 Å². The zero-order valence-electron chi connectivity index (χ0n) is 84.5. The van der Waals surface area contributed by atoms with Gasteiger partial charge < -0.3 is 244 Å². The second-order valence-corrected chi connectivity index (χ2v) is 36.2. The molecule has 0 spiro atoms. The van der Waals surface area contributed by atoms with Crippen LogP contribution in [0.1, 0.15) is 97.8 Å². The van der Waals surface area contributed by atoms with Gasteiger partial charge in [-0.15, -0.1) is 0 Å². The van der Waals surface area contributed by atoms with Crippen molar-refractivity contribution in [2.75, 3.05) is 224 Å². The highest BCUT2D eigenvalue weighted by Gasteiger charge is 2.51. The molecule has 874 valence electrons. The number of nitrogens with one attached hydrogen (secondary N) is 8. The van der Waals surface area contributed by atoms with Crippen molar-refractivity contribution in [1.82, 2.24) is 42.8 Å². The summed E-state index contributed by atoms with van der Waals surface area (Å²) in [7, 11) is 0. The normalized spacial score (nSPS) is 30.5. The first-order valence-corrected chi connectivity index (χ1v) is 49.9. The largest absolute Gasteiger partial charge is 0.394 e. The van der Waals surface area contributed by atoms with Gasteiger partial charge in [0.15, 0.2) is 37.7 Å². The Balaban J connectivity index is 0.000000528. The van der Waals surface area contributed by atoms with E-state index in [2.05, 4.69) is 42.8 Å². The van der Waals surface area contributed by atoms with E-state index in [9.17, 15) is 161 Å². The molecule has 0 aromatic rings. The zero-order valence-corrected chi connectivity index (χ0v) is 84.5. The van der Waals surface area contributed by atoms with Crippen LogP contribution in [0.3, 0.4) is 0 Å². The SMILES string of the molecule is CCC(=O)CNNC(=O)CCOCC(COCCC(=O)CCCO[C@H]1O[C@H](CO)[C@@H](O)[C@H](O)[C@@H]1O)(COCCC(=O)NCCO[C@H]1O[C@H](CC)[C@@H](O)[C@H](O)[C@@H]1O)COCCC(=O)NCCO[C@H]1O[C@H](CO)[C@@H](O)[C@H](O)[C@@H]1O.CCNC(=O)CCOCC(COCCC(=O)NCCO[C@H]1O[C@H](CO)[C@@H](O)[C@H](O)[C@@H]1O)(COCCC(=O)NCCO[C@H]1O[C@H](CO)[C@@H](O)[C@H](O)[C@@H]1O)COCCC(=O)NCCO[C@H]1O[C@H](CO)[C@@H](O)[C@H](O)[C@@H]1O. The second kappa shape index (κ2) is 74.2. The molecule has 7 amide bonds. The number of aliphatic hydroxyl groups excluding tert-OH is 23. The Morgan fingerprint density at radius 1 is 0.240 bits per heavy atom. The molecule has 6 rings (SSSR count). The first kappa shape index (κ1) is 134. The number of carbonyl (C=O) groups excluding carboxylic acids is 9. The van der Waals surface area contributed by atoms with Crippen LogP contribution >= 0.6 is 0 Å². The molecule has 0 bridgehead atoms. The van der Waals surface area contributed by atoms with Crippen LogP contribution in [-0.2, 0) is 138 Å². The van der Waals surface area contributed by atoms with E-state index in [1.54, 1.807) is 20.8 Å². The monoisotopic (exact) mass is 2190 g/mol. The van der Waals surface area contributed by atoms with Gasteiger partial charge in [-0.1, -0.05) is 13.8 Å². The quantitative estimate of drug-likeness (QED) is 0.0199. The van der Waals surface area contributed by atoms with Crippen molar-refractivity contribution in [3.8, 4) is 0 Å². The fourth-order valence-corrected chi connectivity index (χ4v) is 15.1. The Bertz CT molecular complexity index is 3430. The molecule has 6 fully saturated rings. The molecule has 6 heterocycles. The lowest BCUT2D eigenvalue weighted by atomic mass is 9.92. The smallest absolute Gasteiger partial charge is 0.236 e. The molecule has 6 aliphatic heterocycles. The zero-order chi connectivity index (χ0) is 111. The summed E-state index contributed by atoms with van der Waals surface area (Å²) in [5, 5.41) is 244. The topological polar surface area (TPSA) is 900 Å². The molecule has 60 nitrogen and oxygen atoms in total. The first-order chi connectivity index (χ1) is 71.7. The minimum atomic E-state index is -1.65. The van der Waals surface area contributed by atoms with Gasteiger partial charge in [-0.3, -0.25) is 48.6 Å². The molecular formula is C90H162N8O52. The van der Waals surface area contributed by atoms with E-state index >= 15 is 0 Å². The van der Waals surface area contributed by atoms with E-state index in [0.717, 1.165) is 0 Å². The third-order valence-corrected chi connectivity index (χ3v) is 24.1. The molecule has 0 aliphatic carbocycles. The Hall–Kier alpha value is -6.13. The average molecular weight is 2190 g/mol. The van der Waals surface area contributed by atoms with E-state index in [1.807, 2.05) is 0 Å². The van der Waals surface area contributed by atoms with Gasteiger partial charge in [0.1, 0.15) is 152 Å². The lowest BCUT2D eigenvalue weighted by Crippen LogP contribution is -2.59. The molecule has 1 unspecified atom stereocenters. The van der Waals surface area contributed by atoms with Crippen molar-refractivity contribution in [2.45, 2.75) is 282 Å². The maximum Gasteiger partial charge on any atom is 0.236 e. The van der Waals surface area contributed by atoms with Crippen LogP contribution < -0.4 is 42.8 Å². The third kappa shape index (κ3) is 47.7. The van der Waals surface area contributed by atoms with Crippen LogP contribution in [0.2, 0.25) is 0 Å². The van der Waals surface area contributed by atoms with Crippen molar-refractivity contribution in [3.63, 3.8) is 0 Å². The Morgan fingerprint density at radius 2 is 0.453 bits per heavy atom. The van der Waals surface area contributed by atoms with Gasteiger partial charge in [-0.25, -0.2) is 5.43 Å². The number of amides is 7. The minimum Gasteiger partial charge on any atom is -0.394 e. The standard InChI is InChI=1S/C47H84N4O26.C43H78N4O26/c1-3-27(54)20-50-51-34(58)10-17-71-26-47(23-68-14-7-28(55)6-5-13-72-44-42(66)39(63)36(60)30(21-52)76-44,24-69-15-8-32(56)48-11-18-73-45-41(65)38(62)35(59)29(4-2)75-45)25-70-16-9-33(57)49-12-19-74-46-43(67)40(64)37(61)31(22-53)77-46;1-2-44-27(51)3-10-64-20-43(21-65-11-4-28(52)45-7-14-68-40-37(61)34(58)31(55)24(17-48)71-40,22-66-12-5-29(53)46-8-15-69-41-38(62)35(59)32(56)25(18-49)72-41)23-67-13-6-30(54)47-9-16-70-42-39(63)36(60)33(57)26(19-50)73-42/h29-31,35-46,50,52-53,59-67H,3-26H2,1-2H3,(H,48,56)(H,49,57)(H,51,58);24-26,31-42,48-50,55-63H,2-23H2,1H3,(H,44,51)(H,45,52)(H,46,53)(H,47,54)/t29-,30-,31-,35-,36-,37-,38+,39+,40+,41+,42+,43+,44+,45+,46+,47?;24-,25-,26-,31-,32-,33-,34+,35+,36+,37+,38+,39+,40+,41+,42+/m11/s1. The van der Waals surface area contributed by atoms with Gasteiger partial charge in [0.05, 0.1) is 208 Å². The number of carbonyl (C=O) groups is 9. The Labute approximate surface area is 865 Å². The van der Waals surface area contributed by atoms with Gasteiger partial charge in [-0.05, 0) is 19.8 Å². The number of ketones is 2. The van der Waals surface area contributed by atoms with E-state index in [-0.39, 0.29) is 273 Å². The van der Waals surface area contributed by atoms with Gasteiger partial charge in [0.2, 0.25) is 41.4 Å². The number of hydrazine groups is 1. The lowest BCUT2D eigenvalue weighted by molar-refractivity contribution is -0.301. The van der Waals surface area contributed by atoms with Crippen LogP contribution in [0.5, 0.6) is 0 Å². The number of ether oxygens (including phenoxy) is 20. The molecule has 0 radical (unpaired) electrons. The average Bonchev–Trinajstić information content (AvgIpc) is 0.831. The number of Topliss-reactive ketones (excluding diaryl/α,β-unsaturated/α-hetero) is 2. The summed E-state index contributed by atoms with van der Waals surface area (Å²) in [4.78, 5) is 113. The summed E-state index contributed by atoms with van der Waals surface area (Å²) in [5.41, 5.74) is 2.60.